The number of halogens is 1. The van der Waals surface area contributed by atoms with Crippen LogP contribution in [0.4, 0.5) is 5.69 Å². The molecule has 1 N–H and O–H groups in total. The van der Waals surface area contributed by atoms with Crippen LogP contribution in [0.25, 0.3) is 0 Å². The first kappa shape index (κ1) is 19.7. The zero-order valence-electron chi connectivity index (χ0n) is 15.9. The normalized spacial score (nSPS) is 18.4. The van der Waals surface area contributed by atoms with Crippen LogP contribution < -0.4 is 19.7 Å². The Morgan fingerprint density at radius 3 is 2.55 bits per heavy atom. The van der Waals surface area contributed by atoms with Crippen LogP contribution in [0.5, 0.6) is 11.5 Å². The number of ether oxygens (including phenoxy) is 3. The molecule has 2 heterocycles. The summed E-state index contributed by atoms with van der Waals surface area (Å²) in [7, 11) is 1.38. The monoisotopic (exact) mass is 474 g/mol. The van der Waals surface area contributed by atoms with E-state index in [4.69, 9.17) is 26.4 Å². The summed E-state index contributed by atoms with van der Waals surface area (Å²) in [5, 5.41) is 3.77. The van der Waals surface area contributed by atoms with E-state index in [0.29, 0.717) is 41.1 Å². The fourth-order valence-electron chi connectivity index (χ4n) is 3.50. The van der Waals surface area contributed by atoms with Crippen LogP contribution in [0.3, 0.4) is 0 Å². The van der Waals surface area contributed by atoms with Crippen molar-refractivity contribution >= 4 is 44.9 Å². The number of nitrogens with one attached hydrogen (secondary N) is 1. The summed E-state index contributed by atoms with van der Waals surface area (Å²) in [5.41, 5.74) is 2.89. The van der Waals surface area contributed by atoms with Gasteiger partial charge in [-0.05, 0) is 49.0 Å². The largest absolute Gasteiger partial charge is 0.486 e. The molecule has 8 heteroatoms. The molecule has 0 unspecified atom stereocenters. The molecule has 0 radical (unpaired) electrons. The van der Waals surface area contributed by atoms with E-state index in [-0.39, 0.29) is 0 Å². The number of rotatable bonds is 3. The number of thiocarbonyl (C=S) groups is 1. The van der Waals surface area contributed by atoms with Crippen molar-refractivity contribution in [2.45, 2.75) is 13.0 Å². The van der Waals surface area contributed by atoms with Gasteiger partial charge in [0.2, 0.25) is 0 Å². The first-order chi connectivity index (χ1) is 14.0. The van der Waals surface area contributed by atoms with Crippen molar-refractivity contribution < 1.29 is 19.0 Å². The van der Waals surface area contributed by atoms with Crippen molar-refractivity contribution in [3.63, 3.8) is 0 Å². The molecule has 0 aromatic heterocycles. The molecular formula is C21H19BrN2O4S. The number of carbonyl (C=O) groups is 1. The van der Waals surface area contributed by atoms with Crippen molar-refractivity contribution in [3.8, 4) is 11.5 Å². The fourth-order valence-corrected chi connectivity index (χ4v) is 4.13. The minimum atomic E-state index is -0.409. The van der Waals surface area contributed by atoms with Crippen molar-refractivity contribution in [1.29, 1.82) is 0 Å². The Hall–Kier alpha value is -2.58. The molecule has 0 saturated heterocycles. The van der Waals surface area contributed by atoms with E-state index in [2.05, 4.69) is 21.2 Å². The van der Waals surface area contributed by atoms with Crippen molar-refractivity contribution in [2.75, 3.05) is 25.2 Å². The zero-order valence-corrected chi connectivity index (χ0v) is 18.3. The molecule has 6 nitrogen and oxygen atoms in total. The summed E-state index contributed by atoms with van der Waals surface area (Å²) in [5.74, 6) is 0.936. The Morgan fingerprint density at radius 2 is 1.86 bits per heavy atom. The van der Waals surface area contributed by atoms with Crippen molar-refractivity contribution in [1.82, 2.24) is 5.32 Å². The Bertz CT molecular complexity index is 1010. The molecule has 2 aliphatic rings. The van der Waals surface area contributed by atoms with Crippen LogP contribution in [-0.2, 0) is 9.53 Å². The summed E-state index contributed by atoms with van der Waals surface area (Å²) >= 11 is 9.11. The average molecular weight is 475 g/mol. The first-order valence-electron chi connectivity index (χ1n) is 9.04. The highest BCUT2D eigenvalue weighted by Crippen LogP contribution is 2.38. The summed E-state index contributed by atoms with van der Waals surface area (Å²) in [6, 6.07) is 12.9. The van der Waals surface area contributed by atoms with Crippen LogP contribution in [0, 0.1) is 0 Å². The minimum Gasteiger partial charge on any atom is -0.486 e. The van der Waals surface area contributed by atoms with E-state index in [1.54, 1.807) is 0 Å². The van der Waals surface area contributed by atoms with E-state index in [0.717, 1.165) is 15.7 Å². The van der Waals surface area contributed by atoms with Crippen LogP contribution in [0.1, 0.15) is 18.5 Å². The molecule has 0 saturated carbocycles. The third-order valence-electron chi connectivity index (χ3n) is 4.88. The number of hydrogen-bond acceptors (Lipinski definition) is 5. The van der Waals surface area contributed by atoms with Gasteiger partial charge in [0.05, 0.1) is 24.4 Å². The van der Waals surface area contributed by atoms with Gasteiger partial charge in [-0.15, -0.1) is 0 Å². The molecule has 2 aliphatic heterocycles. The highest BCUT2D eigenvalue weighted by Gasteiger charge is 2.35. The SMILES string of the molecule is COC(=O)C1=C(C)N(c2ccc3c(c2)OCCO3)C(=S)N[C@@H]1c1ccc(Br)cc1. The number of nitrogens with zero attached hydrogens (tertiary/aromatic N) is 1. The number of carbonyl (C=O) groups excluding carboxylic acids is 1. The Morgan fingerprint density at radius 1 is 1.17 bits per heavy atom. The second kappa shape index (κ2) is 8.04. The van der Waals surface area contributed by atoms with E-state index in [9.17, 15) is 4.79 Å². The molecular weight excluding hydrogens is 456 g/mol. The van der Waals surface area contributed by atoms with Crippen LogP contribution in [0.15, 0.2) is 58.2 Å². The lowest BCUT2D eigenvalue weighted by Crippen LogP contribution is -2.48. The number of anilines is 1. The van der Waals surface area contributed by atoms with Crippen molar-refractivity contribution in [3.05, 3.63) is 63.8 Å². The molecule has 0 bridgehead atoms. The van der Waals surface area contributed by atoms with Gasteiger partial charge in [-0.3, -0.25) is 4.90 Å². The second-order valence-electron chi connectivity index (χ2n) is 6.59. The second-order valence-corrected chi connectivity index (χ2v) is 7.89. The molecule has 2 aromatic rings. The topological polar surface area (TPSA) is 60.0 Å². The van der Waals surface area contributed by atoms with E-state index >= 15 is 0 Å². The number of benzene rings is 2. The summed E-state index contributed by atoms with van der Waals surface area (Å²) < 4.78 is 17.3. The van der Waals surface area contributed by atoms with Crippen molar-refractivity contribution in [2.24, 2.45) is 0 Å². The third kappa shape index (κ3) is 3.70. The highest BCUT2D eigenvalue weighted by molar-refractivity contribution is 9.10. The predicted octanol–water partition coefficient (Wildman–Crippen LogP) is 4.10. The lowest BCUT2D eigenvalue weighted by molar-refractivity contribution is -0.136. The molecule has 4 rings (SSSR count). The maximum Gasteiger partial charge on any atom is 0.337 e. The summed E-state index contributed by atoms with van der Waals surface area (Å²) in [4.78, 5) is 14.5. The van der Waals surface area contributed by atoms with Crippen LogP contribution >= 0.6 is 28.1 Å². The fraction of sp³-hybridized carbons (Fsp3) is 0.238. The number of esters is 1. The third-order valence-corrected chi connectivity index (χ3v) is 5.71. The van der Waals surface area contributed by atoms with E-state index < -0.39 is 12.0 Å². The van der Waals surface area contributed by atoms with Gasteiger partial charge in [0.1, 0.15) is 13.2 Å². The van der Waals surface area contributed by atoms with Crippen LogP contribution in [0.2, 0.25) is 0 Å². The highest BCUT2D eigenvalue weighted by atomic mass is 79.9. The lowest BCUT2D eigenvalue weighted by Gasteiger charge is -2.37. The smallest absolute Gasteiger partial charge is 0.337 e. The van der Waals surface area contributed by atoms with Gasteiger partial charge < -0.3 is 19.5 Å². The van der Waals surface area contributed by atoms with E-state index in [1.165, 1.54) is 7.11 Å². The molecule has 29 heavy (non-hydrogen) atoms. The minimum absolute atomic E-state index is 0.406. The average Bonchev–Trinajstić information content (AvgIpc) is 2.73. The molecule has 1 atom stereocenters. The number of methoxy groups -OCH3 is 1. The Kier molecular flexibility index (Phi) is 5.47. The van der Waals surface area contributed by atoms with Gasteiger partial charge in [-0.2, -0.15) is 0 Å². The molecule has 2 aromatic carbocycles. The Labute approximate surface area is 182 Å². The summed E-state index contributed by atoms with van der Waals surface area (Å²) in [6.45, 7) is 2.88. The summed E-state index contributed by atoms with van der Waals surface area (Å²) in [6.07, 6.45) is 0. The predicted molar refractivity (Wildman–Crippen MR) is 117 cm³/mol. The van der Waals surface area contributed by atoms with Gasteiger partial charge in [-0.25, -0.2) is 4.79 Å². The van der Waals surface area contributed by atoms with Gasteiger partial charge >= 0.3 is 5.97 Å². The van der Waals surface area contributed by atoms with Gasteiger partial charge in [0.25, 0.3) is 0 Å². The molecule has 0 spiro atoms. The lowest BCUT2D eigenvalue weighted by atomic mass is 9.95. The number of hydrogen-bond donors (Lipinski definition) is 1. The van der Waals surface area contributed by atoms with Gasteiger partial charge in [0, 0.05) is 16.2 Å². The first-order valence-corrected chi connectivity index (χ1v) is 10.2. The Balaban J connectivity index is 1.80. The maximum absolute atomic E-state index is 12.7. The quantitative estimate of drug-likeness (QED) is 0.530. The molecule has 0 amide bonds. The zero-order chi connectivity index (χ0) is 20.5. The number of allylic oxidation sites excluding steroid dienone is 1. The maximum atomic E-state index is 12.7. The number of fused-ring (bicyclic) bond motifs is 1. The molecule has 150 valence electrons. The molecule has 0 aliphatic carbocycles. The van der Waals surface area contributed by atoms with Crippen LogP contribution in [-0.4, -0.2) is 31.4 Å². The van der Waals surface area contributed by atoms with E-state index in [1.807, 2.05) is 54.3 Å². The van der Waals surface area contributed by atoms with Gasteiger partial charge in [0.15, 0.2) is 16.6 Å². The molecule has 0 fully saturated rings. The van der Waals surface area contributed by atoms with Gasteiger partial charge in [-0.1, -0.05) is 28.1 Å². The standard InChI is InChI=1S/C21H19BrN2O4S/c1-12-18(20(25)26-2)19(13-3-5-14(22)6-4-13)23-21(29)24(12)15-7-8-16-17(11-15)28-10-9-27-16/h3-8,11,19H,9-10H2,1-2H3,(H,23,29)/t19-/m1/s1.